The van der Waals surface area contributed by atoms with Crippen molar-refractivity contribution < 1.29 is 23.5 Å². The lowest BCUT2D eigenvalue weighted by molar-refractivity contribution is 0.0600. The zero-order valence-corrected chi connectivity index (χ0v) is 19.0. The number of carbonyl (C=O) groups excluding carboxylic acids is 1. The fourth-order valence-electron chi connectivity index (χ4n) is 3.93. The maximum absolute atomic E-state index is 12.0. The van der Waals surface area contributed by atoms with E-state index >= 15 is 0 Å². The molecule has 0 unspecified atom stereocenters. The molecule has 0 aliphatic heterocycles. The van der Waals surface area contributed by atoms with Crippen LogP contribution in [0.1, 0.15) is 21.5 Å². The second kappa shape index (κ2) is 9.71. The Morgan fingerprint density at radius 3 is 2.36 bits per heavy atom. The summed E-state index contributed by atoms with van der Waals surface area (Å²) < 4.78 is 21.6. The van der Waals surface area contributed by atoms with Gasteiger partial charge in [-0.2, -0.15) is 0 Å². The van der Waals surface area contributed by atoms with Crippen molar-refractivity contribution in [3.8, 4) is 39.5 Å². The lowest BCUT2D eigenvalue weighted by atomic mass is 9.92. The molecule has 0 N–H and O–H groups in total. The van der Waals surface area contributed by atoms with Gasteiger partial charge < -0.3 is 18.7 Å². The van der Waals surface area contributed by atoms with E-state index in [0.717, 1.165) is 27.8 Å². The number of carbonyl (C=O) groups is 1. The van der Waals surface area contributed by atoms with Crippen molar-refractivity contribution >= 4 is 5.97 Å². The summed E-state index contributed by atoms with van der Waals surface area (Å²) in [7, 11) is 4.59. The van der Waals surface area contributed by atoms with Crippen LogP contribution < -0.4 is 4.74 Å². The molecule has 4 rings (SSSR count). The monoisotopic (exact) mass is 443 g/mol. The molecular formula is C27H25NO5. The second-order valence-electron chi connectivity index (χ2n) is 7.55. The summed E-state index contributed by atoms with van der Waals surface area (Å²) in [4.78, 5) is 12.0. The third-order valence-corrected chi connectivity index (χ3v) is 5.64. The Balaban J connectivity index is 1.79. The van der Waals surface area contributed by atoms with Crippen LogP contribution in [0.4, 0.5) is 0 Å². The molecule has 6 nitrogen and oxygen atoms in total. The van der Waals surface area contributed by atoms with Gasteiger partial charge in [0, 0.05) is 24.3 Å². The smallest absolute Gasteiger partial charge is 0.337 e. The standard InChI is InChI=1S/C27H25NO5/c1-17-20(18-8-6-5-7-9-18)11-12-21(23(17)16-30-2)26-15-24(28-33-26)22-14-19(27(29)32-4)10-13-25(22)31-3/h5-15H,16H2,1-4H3. The van der Waals surface area contributed by atoms with Crippen molar-refractivity contribution in [2.45, 2.75) is 13.5 Å². The fourth-order valence-corrected chi connectivity index (χ4v) is 3.93. The SMILES string of the molecule is COCc1c(-c2cc(-c3cc(C(=O)OC)ccc3OC)no2)ccc(-c2ccccc2)c1C. The number of nitrogens with zero attached hydrogens (tertiary/aromatic N) is 1. The summed E-state index contributed by atoms with van der Waals surface area (Å²) in [5.41, 5.74) is 6.92. The van der Waals surface area contributed by atoms with Gasteiger partial charge in [0.05, 0.1) is 26.4 Å². The molecule has 0 amide bonds. The van der Waals surface area contributed by atoms with Crippen molar-refractivity contribution in [3.05, 3.63) is 83.4 Å². The largest absolute Gasteiger partial charge is 0.496 e. The van der Waals surface area contributed by atoms with E-state index in [9.17, 15) is 4.79 Å². The number of benzene rings is 3. The van der Waals surface area contributed by atoms with E-state index in [0.29, 0.717) is 34.9 Å². The van der Waals surface area contributed by atoms with E-state index in [-0.39, 0.29) is 0 Å². The first-order chi connectivity index (χ1) is 16.1. The maximum atomic E-state index is 12.0. The maximum Gasteiger partial charge on any atom is 0.337 e. The predicted octanol–water partition coefficient (Wildman–Crippen LogP) is 5.93. The van der Waals surface area contributed by atoms with E-state index in [1.807, 2.05) is 30.3 Å². The quantitative estimate of drug-likeness (QED) is 0.330. The Hall–Kier alpha value is -3.90. The molecule has 1 aromatic heterocycles. The van der Waals surface area contributed by atoms with Crippen LogP contribution in [0.5, 0.6) is 5.75 Å². The van der Waals surface area contributed by atoms with Crippen molar-refractivity contribution in [3.63, 3.8) is 0 Å². The summed E-state index contributed by atoms with van der Waals surface area (Å²) >= 11 is 0. The molecule has 33 heavy (non-hydrogen) atoms. The minimum absolute atomic E-state index is 0.404. The molecule has 6 heteroatoms. The Morgan fingerprint density at radius 1 is 0.909 bits per heavy atom. The number of hydrogen-bond donors (Lipinski definition) is 0. The van der Waals surface area contributed by atoms with Crippen LogP contribution in [0.15, 0.2) is 71.3 Å². The Morgan fingerprint density at radius 2 is 1.67 bits per heavy atom. The zero-order valence-electron chi connectivity index (χ0n) is 19.0. The van der Waals surface area contributed by atoms with Gasteiger partial charge in [-0.05, 0) is 47.4 Å². The molecule has 4 aromatic rings. The molecule has 0 radical (unpaired) electrons. The van der Waals surface area contributed by atoms with Gasteiger partial charge in [0.15, 0.2) is 5.76 Å². The summed E-state index contributed by atoms with van der Waals surface area (Å²) in [5.74, 6) is 0.748. The van der Waals surface area contributed by atoms with Gasteiger partial charge in [-0.25, -0.2) is 4.79 Å². The zero-order chi connectivity index (χ0) is 23.4. The molecule has 0 bridgehead atoms. The Labute approximate surface area is 192 Å². The molecule has 0 fully saturated rings. The Kier molecular flexibility index (Phi) is 6.56. The van der Waals surface area contributed by atoms with Crippen molar-refractivity contribution in [2.24, 2.45) is 0 Å². The van der Waals surface area contributed by atoms with Gasteiger partial charge in [-0.3, -0.25) is 0 Å². The Bertz CT molecular complexity index is 1280. The topological polar surface area (TPSA) is 70.8 Å². The highest BCUT2D eigenvalue weighted by Gasteiger charge is 2.19. The summed E-state index contributed by atoms with van der Waals surface area (Å²) in [6.07, 6.45) is 0. The lowest BCUT2D eigenvalue weighted by Gasteiger charge is -2.15. The first-order valence-corrected chi connectivity index (χ1v) is 10.5. The van der Waals surface area contributed by atoms with Crippen LogP contribution in [0.25, 0.3) is 33.7 Å². The van der Waals surface area contributed by atoms with Gasteiger partial charge in [0.1, 0.15) is 11.4 Å². The molecule has 0 atom stereocenters. The van der Waals surface area contributed by atoms with Gasteiger partial charge in [0.2, 0.25) is 0 Å². The number of ether oxygens (including phenoxy) is 3. The number of aromatic nitrogens is 1. The highest BCUT2D eigenvalue weighted by Crippen LogP contribution is 2.37. The first kappa shape index (κ1) is 22.3. The van der Waals surface area contributed by atoms with Crippen molar-refractivity contribution in [2.75, 3.05) is 21.3 Å². The minimum Gasteiger partial charge on any atom is -0.496 e. The lowest BCUT2D eigenvalue weighted by Crippen LogP contribution is -2.02. The molecule has 0 spiro atoms. The average molecular weight is 443 g/mol. The number of hydrogen-bond acceptors (Lipinski definition) is 6. The van der Waals surface area contributed by atoms with Crippen LogP contribution in [-0.4, -0.2) is 32.5 Å². The third kappa shape index (κ3) is 4.38. The van der Waals surface area contributed by atoms with E-state index < -0.39 is 5.97 Å². The van der Waals surface area contributed by atoms with Gasteiger partial charge in [0.25, 0.3) is 0 Å². The molecule has 168 valence electrons. The average Bonchev–Trinajstić information content (AvgIpc) is 3.35. The minimum atomic E-state index is -0.433. The fraction of sp³-hybridized carbons (Fsp3) is 0.185. The molecule has 0 saturated carbocycles. The van der Waals surface area contributed by atoms with Crippen LogP contribution in [0.3, 0.4) is 0 Å². The number of esters is 1. The third-order valence-electron chi connectivity index (χ3n) is 5.64. The second-order valence-corrected chi connectivity index (χ2v) is 7.55. The van der Waals surface area contributed by atoms with E-state index in [1.54, 1.807) is 32.4 Å². The van der Waals surface area contributed by atoms with Crippen molar-refractivity contribution in [1.82, 2.24) is 5.16 Å². The van der Waals surface area contributed by atoms with Gasteiger partial charge in [-0.15, -0.1) is 0 Å². The van der Waals surface area contributed by atoms with Gasteiger partial charge >= 0.3 is 5.97 Å². The van der Waals surface area contributed by atoms with E-state index in [1.165, 1.54) is 7.11 Å². The van der Waals surface area contributed by atoms with Gasteiger partial charge in [-0.1, -0.05) is 47.6 Å². The van der Waals surface area contributed by atoms with Crippen LogP contribution in [0, 0.1) is 6.92 Å². The van der Waals surface area contributed by atoms with Crippen molar-refractivity contribution in [1.29, 1.82) is 0 Å². The summed E-state index contributed by atoms with van der Waals surface area (Å²) in [6, 6.07) is 21.2. The van der Waals surface area contributed by atoms with E-state index in [2.05, 4.69) is 30.3 Å². The molecule has 3 aromatic carbocycles. The summed E-state index contributed by atoms with van der Waals surface area (Å²) in [5, 5.41) is 4.26. The molecule has 0 aliphatic rings. The number of methoxy groups -OCH3 is 3. The van der Waals surface area contributed by atoms with Crippen LogP contribution >= 0.6 is 0 Å². The molecule has 0 saturated heterocycles. The van der Waals surface area contributed by atoms with Crippen LogP contribution in [0.2, 0.25) is 0 Å². The molecular weight excluding hydrogens is 418 g/mol. The van der Waals surface area contributed by atoms with E-state index in [4.69, 9.17) is 18.7 Å². The normalized spacial score (nSPS) is 10.8. The first-order valence-electron chi connectivity index (χ1n) is 10.5. The number of rotatable bonds is 7. The van der Waals surface area contributed by atoms with Crippen LogP contribution in [-0.2, 0) is 16.1 Å². The summed E-state index contributed by atoms with van der Waals surface area (Å²) in [6.45, 7) is 2.51. The highest BCUT2D eigenvalue weighted by atomic mass is 16.5. The highest BCUT2D eigenvalue weighted by molar-refractivity contribution is 5.92. The predicted molar refractivity (Wildman–Crippen MR) is 126 cm³/mol. The molecule has 1 heterocycles. The molecule has 0 aliphatic carbocycles.